The minimum absolute atomic E-state index is 0.133. The van der Waals surface area contributed by atoms with Crippen LogP contribution in [0, 0.1) is 3.57 Å². The van der Waals surface area contributed by atoms with E-state index in [2.05, 4.69) is 27.9 Å². The number of ether oxygens (including phenoxy) is 2. The van der Waals surface area contributed by atoms with Crippen LogP contribution in [0.25, 0.3) is 0 Å². The van der Waals surface area contributed by atoms with Gasteiger partial charge in [-0.05, 0) is 65.4 Å². The fraction of sp³-hybridized carbons (Fsp3) is 0.188. The van der Waals surface area contributed by atoms with E-state index in [9.17, 15) is 4.79 Å². The maximum absolute atomic E-state index is 12.4. The van der Waals surface area contributed by atoms with Gasteiger partial charge in [0.05, 0.1) is 11.6 Å². The van der Waals surface area contributed by atoms with E-state index in [4.69, 9.17) is 21.1 Å². The Kier molecular flexibility index (Phi) is 4.44. The second kappa shape index (κ2) is 6.34. The third-order valence-electron chi connectivity index (χ3n) is 3.42. The van der Waals surface area contributed by atoms with Gasteiger partial charge in [-0.25, -0.2) is 0 Å². The Bertz CT molecular complexity index is 735. The SMILES string of the molecule is CC(NC(=O)c1ccc(Cl)cc1I)c1ccc2c(c1)OCO2. The lowest BCUT2D eigenvalue weighted by Gasteiger charge is -2.15. The molecular formula is C16H13ClINO3. The van der Waals surface area contributed by atoms with E-state index in [-0.39, 0.29) is 18.7 Å². The van der Waals surface area contributed by atoms with Crippen molar-refractivity contribution < 1.29 is 14.3 Å². The maximum atomic E-state index is 12.4. The van der Waals surface area contributed by atoms with Gasteiger partial charge in [-0.2, -0.15) is 0 Å². The fourth-order valence-electron chi connectivity index (χ4n) is 2.21. The molecule has 0 aromatic heterocycles. The number of amides is 1. The normalized spacial score (nSPS) is 13.8. The van der Waals surface area contributed by atoms with E-state index < -0.39 is 0 Å². The number of carbonyl (C=O) groups excluding carboxylic acids is 1. The monoisotopic (exact) mass is 429 g/mol. The lowest BCUT2D eigenvalue weighted by atomic mass is 10.1. The van der Waals surface area contributed by atoms with Crippen LogP contribution in [0.4, 0.5) is 0 Å². The molecule has 1 aliphatic heterocycles. The lowest BCUT2D eigenvalue weighted by molar-refractivity contribution is 0.0939. The Balaban J connectivity index is 1.76. The number of rotatable bonds is 3. The molecule has 0 fully saturated rings. The van der Waals surface area contributed by atoms with Crippen molar-refractivity contribution in [1.29, 1.82) is 0 Å². The highest BCUT2D eigenvalue weighted by Crippen LogP contribution is 2.34. The summed E-state index contributed by atoms with van der Waals surface area (Å²) in [6, 6.07) is 10.7. The highest BCUT2D eigenvalue weighted by molar-refractivity contribution is 14.1. The van der Waals surface area contributed by atoms with E-state index in [1.165, 1.54) is 0 Å². The number of fused-ring (bicyclic) bond motifs is 1. The third kappa shape index (κ3) is 3.15. The topological polar surface area (TPSA) is 47.6 Å². The first-order chi connectivity index (χ1) is 10.5. The summed E-state index contributed by atoms with van der Waals surface area (Å²) in [5.41, 5.74) is 1.57. The summed E-state index contributed by atoms with van der Waals surface area (Å²) >= 11 is 8.02. The van der Waals surface area contributed by atoms with Crippen molar-refractivity contribution in [2.24, 2.45) is 0 Å². The van der Waals surface area contributed by atoms with Crippen LogP contribution in [-0.4, -0.2) is 12.7 Å². The maximum Gasteiger partial charge on any atom is 0.252 e. The van der Waals surface area contributed by atoms with Crippen molar-refractivity contribution in [3.8, 4) is 11.5 Å². The Morgan fingerprint density at radius 2 is 2.00 bits per heavy atom. The van der Waals surface area contributed by atoms with Gasteiger partial charge in [0.15, 0.2) is 11.5 Å². The summed E-state index contributed by atoms with van der Waals surface area (Å²) < 4.78 is 11.5. The van der Waals surface area contributed by atoms with Crippen LogP contribution in [0.3, 0.4) is 0 Å². The first-order valence-corrected chi connectivity index (χ1v) is 8.16. The molecule has 0 bridgehead atoms. The quantitative estimate of drug-likeness (QED) is 0.745. The van der Waals surface area contributed by atoms with Gasteiger partial charge in [0.25, 0.3) is 5.91 Å². The molecule has 6 heteroatoms. The number of hydrogen-bond donors (Lipinski definition) is 1. The van der Waals surface area contributed by atoms with Crippen molar-refractivity contribution in [3.63, 3.8) is 0 Å². The Labute approximate surface area is 146 Å². The van der Waals surface area contributed by atoms with Gasteiger partial charge in [-0.15, -0.1) is 0 Å². The fourth-order valence-corrected chi connectivity index (χ4v) is 3.33. The van der Waals surface area contributed by atoms with Crippen LogP contribution >= 0.6 is 34.2 Å². The zero-order chi connectivity index (χ0) is 15.7. The summed E-state index contributed by atoms with van der Waals surface area (Å²) in [6.45, 7) is 2.17. The molecule has 114 valence electrons. The van der Waals surface area contributed by atoms with Crippen LogP contribution in [-0.2, 0) is 0 Å². The molecule has 1 N–H and O–H groups in total. The van der Waals surface area contributed by atoms with Gasteiger partial charge in [0.1, 0.15) is 0 Å². The molecule has 0 saturated carbocycles. The molecule has 22 heavy (non-hydrogen) atoms. The first-order valence-electron chi connectivity index (χ1n) is 6.70. The van der Waals surface area contributed by atoms with Crippen molar-refractivity contribution in [1.82, 2.24) is 5.32 Å². The molecule has 0 saturated heterocycles. The molecular weight excluding hydrogens is 417 g/mol. The summed E-state index contributed by atoms with van der Waals surface area (Å²) in [7, 11) is 0. The van der Waals surface area contributed by atoms with Gasteiger partial charge in [0.2, 0.25) is 6.79 Å². The van der Waals surface area contributed by atoms with E-state index in [0.717, 1.165) is 14.9 Å². The minimum Gasteiger partial charge on any atom is -0.454 e. The van der Waals surface area contributed by atoms with E-state index in [1.807, 2.05) is 25.1 Å². The molecule has 0 spiro atoms. The number of nitrogens with one attached hydrogen (secondary N) is 1. The molecule has 2 aromatic carbocycles. The van der Waals surface area contributed by atoms with Gasteiger partial charge >= 0.3 is 0 Å². The first kappa shape index (κ1) is 15.4. The van der Waals surface area contributed by atoms with E-state index >= 15 is 0 Å². The standard InChI is InChI=1S/C16H13ClINO3/c1-9(10-2-5-14-15(6-10)22-8-21-14)19-16(20)12-4-3-11(17)7-13(12)18/h2-7,9H,8H2,1H3,(H,19,20). The number of halogens is 2. The van der Waals surface area contributed by atoms with Crippen molar-refractivity contribution in [2.75, 3.05) is 6.79 Å². The van der Waals surface area contributed by atoms with Crippen LogP contribution < -0.4 is 14.8 Å². The summed E-state index contributed by atoms with van der Waals surface area (Å²) in [5, 5.41) is 3.60. The smallest absolute Gasteiger partial charge is 0.252 e. The zero-order valence-electron chi connectivity index (χ0n) is 11.7. The Morgan fingerprint density at radius 1 is 1.23 bits per heavy atom. The molecule has 4 nitrogen and oxygen atoms in total. The molecule has 2 aromatic rings. The Hall–Kier alpha value is -1.47. The highest BCUT2D eigenvalue weighted by atomic mass is 127. The van der Waals surface area contributed by atoms with Crippen LogP contribution in [0.2, 0.25) is 5.02 Å². The molecule has 0 radical (unpaired) electrons. The molecule has 1 aliphatic rings. The molecule has 1 amide bonds. The predicted octanol–water partition coefficient (Wildman–Crippen LogP) is 4.16. The van der Waals surface area contributed by atoms with E-state index in [1.54, 1.807) is 18.2 Å². The second-order valence-corrected chi connectivity index (χ2v) is 6.53. The molecule has 1 heterocycles. The van der Waals surface area contributed by atoms with Crippen molar-refractivity contribution in [2.45, 2.75) is 13.0 Å². The number of carbonyl (C=O) groups is 1. The molecule has 0 aliphatic carbocycles. The van der Waals surface area contributed by atoms with Gasteiger partial charge in [-0.1, -0.05) is 17.7 Å². The summed E-state index contributed by atoms with van der Waals surface area (Å²) in [4.78, 5) is 12.4. The van der Waals surface area contributed by atoms with Gasteiger partial charge in [-0.3, -0.25) is 4.79 Å². The average molecular weight is 430 g/mol. The third-order valence-corrected chi connectivity index (χ3v) is 4.55. The zero-order valence-corrected chi connectivity index (χ0v) is 14.6. The summed E-state index contributed by atoms with van der Waals surface area (Å²) in [6.07, 6.45) is 0. The Morgan fingerprint density at radius 3 is 2.77 bits per heavy atom. The average Bonchev–Trinajstić information content (AvgIpc) is 2.94. The second-order valence-electron chi connectivity index (χ2n) is 4.93. The van der Waals surface area contributed by atoms with Gasteiger partial charge in [0, 0.05) is 8.59 Å². The van der Waals surface area contributed by atoms with Crippen LogP contribution in [0.5, 0.6) is 11.5 Å². The summed E-state index contributed by atoms with van der Waals surface area (Å²) in [5.74, 6) is 1.31. The largest absolute Gasteiger partial charge is 0.454 e. The predicted molar refractivity (Wildman–Crippen MR) is 92.6 cm³/mol. The molecule has 1 atom stereocenters. The van der Waals surface area contributed by atoms with Crippen LogP contribution in [0.15, 0.2) is 36.4 Å². The van der Waals surface area contributed by atoms with Crippen molar-refractivity contribution >= 4 is 40.1 Å². The highest BCUT2D eigenvalue weighted by Gasteiger charge is 2.18. The molecule has 3 rings (SSSR count). The van der Waals surface area contributed by atoms with Gasteiger partial charge < -0.3 is 14.8 Å². The lowest BCUT2D eigenvalue weighted by Crippen LogP contribution is -2.27. The van der Waals surface area contributed by atoms with Crippen LogP contribution in [0.1, 0.15) is 28.9 Å². The number of benzene rings is 2. The van der Waals surface area contributed by atoms with Crippen molar-refractivity contribution in [3.05, 3.63) is 56.1 Å². The minimum atomic E-state index is -0.145. The molecule has 1 unspecified atom stereocenters. The van der Waals surface area contributed by atoms with E-state index in [0.29, 0.717) is 16.3 Å². The number of hydrogen-bond acceptors (Lipinski definition) is 3.